The van der Waals surface area contributed by atoms with Crippen molar-refractivity contribution in [3.05, 3.63) is 0 Å². The molecule has 0 fully saturated rings. The summed E-state index contributed by atoms with van der Waals surface area (Å²) in [7, 11) is -3.92. The predicted molar refractivity (Wildman–Crippen MR) is 36.5 cm³/mol. The van der Waals surface area contributed by atoms with Crippen LogP contribution in [0.5, 0.6) is 0 Å². The fraction of sp³-hybridized carbons (Fsp3) is 1.00. The standard InChI is InChI=1S/C3H7O.CH4O3S.Al/c1-3(2)4;1-5(2,3)4;/h3H,1-2H3;1H3,(H,2,3,4);/q-1;;+2/p-1. The van der Waals surface area contributed by atoms with Gasteiger partial charge in [0.1, 0.15) is 0 Å². The minimum absolute atomic E-state index is 0. The van der Waals surface area contributed by atoms with E-state index in [0.29, 0.717) is 6.26 Å². The molecule has 0 N–H and O–H groups in total. The zero-order valence-electron chi connectivity index (χ0n) is 6.20. The molecule has 0 bridgehead atoms. The topological polar surface area (TPSA) is 80.3 Å². The molecule has 0 amide bonds. The monoisotopic (exact) mass is 181 g/mol. The van der Waals surface area contributed by atoms with Gasteiger partial charge in [0.05, 0.1) is 10.1 Å². The van der Waals surface area contributed by atoms with Gasteiger partial charge in [0.2, 0.25) is 0 Å². The van der Waals surface area contributed by atoms with E-state index in [-0.39, 0.29) is 17.4 Å². The second-order valence-corrected chi connectivity index (χ2v) is 3.16. The van der Waals surface area contributed by atoms with E-state index in [1.807, 2.05) is 0 Å². The summed E-state index contributed by atoms with van der Waals surface area (Å²) in [5, 5.41) is 9.53. The van der Waals surface area contributed by atoms with Crippen molar-refractivity contribution < 1.29 is 18.1 Å². The molecule has 1 radical (unpaired) electrons. The molecule has 0 spiro atoms. The summed E-state index contributed by atoms with van der Waals surface area (Å²) < 4.78 is 27.2. The Hall–Kier alpha value is 0.402. The number of hydrogen-bond acceptors (Lipinski definition) is 4. The van der Waals surface area contributed by atoms with E-state index in [0.717, 1.165) is 0 Å². The summed E-state index contributed by atoms with van der Waals surface area (Å²) >= 11 is 0. The Bertz CT molecular complexity index is 129. The molecule has 0 aromatic rings. The van der Waals surface area contributed by atoms with E-state index < -0.39 is 16.2 Å². The summed E-state index contributed by atoms with van der Waals surface area (Å²) in [5.41, 5.74) is 0. The Morgan fingerprint density at radius 3 is 1.30 bits per heavy atom. The van der Waals surface area contributed by atoms with Gasteiger partial charge in [0.15, 0.2) is 0 Å². The average Bonchev–Trinajstić information content (AvgIpc) is 1.19. The van der Waals surface area contributed by atoms with E-state index in [4.69, 9.17) is 13.0 Å². The molecule has 0 aromatic heterocycles. The Kier molecular flexibility index (Phi) is 12.6. The largest absolute Gasteiger partial charge is 2.00 e. The molecule has 59 valence electrons. The molecule has 0 aliphatic rings. The molecular weight excluding hydrogens is 171 g/mol. The zero-order chi connectivity index (χ0) is 8.08. The molecule has 0 rings (SSSR count). The molecule has 10 heavy (non-hydrogen) atoms. The van der Waals surface area contributed by atoms with Crippen LogP contribution in [0.1, 0.15) is 13.8 Å². The van der Waals surface area contributed by atoms with Gasteiger partial charge < -0.3 is 9.66 Å². The van der Waals surface area contributed by atoms with E-state index in [1.54, 1.807) is 13.8 Å². The maximum absolute atomic E-state index is 9.53. The summed E-state index contributed by atoms with van der Waals surface area (Å²) in [4.78, 5) is 0. The van der Waals surface area contributed by atoms with Crippen molar-refractivity contribution >= 4 is 27.5 Å². The molecule has 0 unspecified atom stereocenters. The minimum atomic E-state index is -3.92. The Labute approximate surface area is 72.1 Å². The van der Waals surface area contributed by atoms with Gasteiger partial charge in [-0.15, -0.1) is 6.10 Å². The van der Waals surface area contributed by atoms with E-state index in [1.165, 1.54) is 0 Å². The molecule has 0 atom stereocenters. The van der Waals surface area contributed by atoms with Crippen molar-refractivity contribution in [1.29, 1.82) is 0 Å². The van der Waals surface area contributed by atoms with Gasteiger partial charge in [-0.2, -0.15) is 0 Å². The second kappa shape index (κ2) is 7.51. The molecule has 6 heteroatoms. The molecule has 0 heterocycles. The van der Waals surface area contributed by atoms with Gasteiger partial charge in [-0.1, -0.05) is 13.8 Å². The predicted octanol–water partition coefficient (Wildman–Crippen LogP) is -1.46. The molecular formula is C4H10AlO4S. The van der Waals surface area contributed by atoms with Gasteiger partial charge in [-0.05, 0) is 0 Å². The van der Waals surface area contributed by atoms with Crippen molar-refractivity contribution in [2.75, 3.05) is 6.26 Å². The summed E-state index contributed by atoms with van der Waals surface area (Å²) in [6, 6.07) is 0. The summed E-state index contributed by atoms with van der Waals surface area (Å²) in [6.45, 7) is 3.22. The van der Waals surface area contributed by atoms with Crippen LogP contribution in [0, 0.1) is 0 Å². The first kappa shape index (κ1) is 16.8. The van der Waals surface area contributed by atoms with Crippen LogP contribution in [0.2, 0.25) is 0 Å². The summed E-state index contributed by atoms with van der Waals surface area (Å²) in [6.07, 6.45) is 0.187. The number of rotatable bonds is 0. The van der Waals surface area contributed by atoms with Crippen LogP contribution in [0.4, 0.5) is 0 Å². The first-order valence-corrected chi connectivity index (χ1v) is 4.12. The fourth-order valence-electron chi connectivity index (χ4n) is 0. The van der Waals surface area contributed by atoms with Gasteiger partial charge in [0, 0.05) is 6.26 Å². The molecule has 0 saturated carbocycles. The molecule has 0 aliphatic heterocycles. The molecule has 4 nitrogen and oxygen atoms in total. The first-order chi connectivity index (χ1) is 3.73. The van der Waals surface area contributed by atoms with Crippen molar-refractivity contribution in [3.8, 4) is 0 Å². The van der Waals surface area contributed by atoms with Crippen LogP contribution in [0.25, 0.3) is 0 Å². The third kappa shape index (κ3) is 2840. The SMILES string of the molecule is CC(C)[O-].CS(=O)(=O)[O-].[Al+2]. The van der Waals surface area contributed by atoms with E-state index in [9.17, 15) is 5.11 Å². The van der Waals surface area contributed by atoms with E-state index >= 15 is 0 Å². The maximum Gasteiger partial charge on any atom is 2.00 e. The van der Waals surface area contributed by atoms with Crippen LogP contribution < -0.4 is 5.11 Å². The van der Waals surface area contributed by atoms with Crippen LogP contribution in [-0.2, 0) is 10.1 Å². The maximum atomic E-state index is 9.53. The fourth-order valence-corrected chi connectivity index (χ4v) is 0. The normalized spacial score (nSPS) is 9.40. The van der Waals surface area contributed by atoms with Crippen LogP contribution in [0.3, 0.4) is 0 Å². The Morgan fingerprint density at radius 1 is 1.30 bits per heavy atom. The quantitative estimate of drug-likeness (QED) is 0.337. The molecule has 0 saturated heterocycles. The second-order valence-electron chi connectivity index (χ2n) is 1.75. The first-order valence-electron chi connectivity index (χ1n) is 2.30. The van der Waals surface area contributed by atoms with Crippen molar-refractivity contribution in [1.82, 2.24) is 0 Å². The number of hydrogen-bond donors (Lipinski definition) is 0. The molecule has 0 aromatic carbocycles. The van der Waals surface area contributed by atoms with Gasteiger partial charge in [-0.25, -0.2) is 8.42 Å². The van der Waals surface area contributed by atoms with Gasteiger partial charge >= 0.3 is 17.4 Å². The average molecular weight is 181 g/mol. The third-order valence-corrected chi connectivity index (χ3v) is 0. The Morgan fingerprint density at radius 2 is 1.30 bits per heavy atom. The van der Waals surface area contributed by atoms with Crippen LogP contribution in [-0.4, -0.2) is 42.7 Å². The summed E-state index contributed by atoms with van der Waals surface area (Å²) in [5.74, 6) is 0. The van der Waals surface area contributed by atoms with Gasteiger partial charge in [-0.3, -0.25) is 0 Å². The zero-order valence-corrected chi connectivity index (χ0v) is 8.17. The molecule has 0 aliphatic carbocycles. The van der Waals surface area contributed by atoms with Crippen LogP contribution in [0.15, 0.2) is 0 Å². The smallest absolute Gasteiger partial charge is 0.852 e. The van der Waals surface area contributed by atoms with Gasteiger partial charge in [0.25, 0.3) is 0 Å². The third-order valence-electron chi connectivity index (χ3n) is 0. The van der Waals surface area contributed by atoms with Crippen molar-refractivity contribution in [3.63, 3.8) is 0 Å². The minimum Gasteiger partial charge on any atom is -0.852 e. The van der Waals surface area contributed by atoms with E-state index in [2.05, 4.69) is 0 Å². The van der Waals surface area contributed by atoms with Crippen molar-refractivity contribution in [2.24, 2.45) is 0 Å². The van der Waals surface area contributed by atoms with Crippen LogP contribution >= 0.6 is 0 Å². The Balaban J connectivity index is -0.0000000910. The van der Waals surface area contributed by atoms with Crippen molar-refractivity contribution in [2.45, 2.75) is 20.0 Å².